The molecule has 2 aromatic rings. The standard InChI is InChI=1S/C8H9N3OS/c9-1-6(12)8-7-5(3-13-8)2-10-4-11-7/h2-4,6,12H,1,9H2. The van der Waals surface area contributed by atoms with Gasteiger partial charge in [0.1, 0.15) is 12.4 Å². The first-order chi connectivity index (χ1) is 6.33. The minimum absolute atomic E-state index is 0.222. The first-order valence-electron chi connectivity index (χ1n) is 3.88. The van der Waals surface area contributed by atoms with Gasteiger partial charge < -0.3 is 10.8 Å². The molecule has 5 heteroatoms. The molecule has 0 amide bonds. The zero-order valence-electron chi connectivity index (χ0n) is 6.84. The van der Waals surface area contributed by atoms with Crippen molar-refractivity contribution in [2.24, 2.45) is 5.73 Å². The Hall–Kier alpha value is -1.04. The van der Waals surface area contributed by atoms with Crippen molar-refractivity contribution in [2.45, 2.75) is 6.10 Å². The van der Waals surface area contributed by atoms with E-state index in [2.05, 4.69) is 9.97 Å². The molecule has 2 aromatic heterocycles. The maximum Gasteiger partial charge on any atom is 0.116 e. The van der Waals surface area contributed by atoms with Crippen LogP contribution in [0.3, 0.4) is 0 Å². The van der Waals surface area contributed by atoms with E-state index in [4.69, 9.17) is 5.73 Å². The zero-order valence-corrected chi connectivity index (χ0v) is 7.66. The minimum atomic E-state index is -0.614. The number of aliphatic hydroxyl groups excluding tert-OH is 1. The van der Waals surface area contributed by atoms with Gasteiger partial charge in [-0.1, -0.05) is 0 Å². The summed E-state index contributed by atoms with van der Waals surface area (Å²) in [4.78, 5) is 8.81. The Kier molecular flexibility index (Phi) is 2.22. The highest BCUT2D eigenvalue weighted by atomic mass is 32.1. The molecule has 0 aliphatic carbocycles. The maximum atomic E-state index is 9.54. The fraction of sp³-hybridized carbons (Fsp3) is 0.250. The topological polar surface area (TPSA) is 72.0 Å². The number of hydrogen-bond donors (Lipinski definition) is 2. The molecule has 0 saturated carbocycles. The van der Waals surface area contributed by atoms with Crippen LogP contribution in [0.4, 0.5) is 0 Å². The van der Waals surface area contributed by atoms with Crippen molar-refractivity contribution >= 4 is 22.2 Å². The molecule has 1 unspecified atom stereocenters. The molecule has 0 spiro atoms. The fourth-order valence-corrected chi connectivity index (χ4v) is 2.12. The lowest BCUT2D eigenvalue weighted by atomic mass is 10.2. The van der Waals surface area contributed by atoms with Crippen LogP contribution >= 0.6 is 11.3 Å². The molecule has 0 saturated heterocycles. The van der Waals surface area contributed by atoms with Crippen molar-refractivity contribution in [3.05, 3.63) is 22.8 Å². The Labute approximate surface area is 79.1 Å². The summed E-state index contributed by atoms with van der Waals surface area (Å²) in [5.41, 5.74) is 6.17. The highest BCUT2D eigenvalue weighted by Gasteiger charge is 2.12. The second kappa shape index (κ2) is 3.37. The molecule has 2 heterocycles. The summed E-state index contributed by atoms with van der Waals surface area (Å²) >= 11 is 1.46. The summed E-state index contributed by atoms with van der Waals surface area (Å²) in [6.07, 6.45) is 2.59. The summed E-state index contributed by atoms with van der Waals surface area (Å²) in [5.74, 6) is 0. The van der Waals surface area contributed by atoms with Crippen LogP contribution in [0.5, 0.6) is 0 Å². The summed E-state index contributed by atoms with van der Waals surface area (Å²) in [5, 5.41) is 12.4. The summed E-state index contributed by atoms with van der Waals surface area (Å²) in [7, 11) is 0. The van der Waals surface area contributed by atoms with Crippen LogP contribution in [0.2, 0.25) is 0 Å². The van der Waals surface area contributed by atoms with Gasteiger partial charge in [0.05, 0.1) is 10.4 Å². The lowest BCUT2D eigenvalue weighted by molar-refractivity contribution is 0.192. The van der Waals surface area contributed by atoms with Crippen molar-refractivity contribution in [2.75, 3.05) is 6.54 Å². The molecule has 0 bridgehead atoms. The van der Waals surface area contributed by atoms with Crippen molar-refractivity contribution < 1.29 is 5.11 Å². The van der Waals surface area contributed by atoms with E-state index in [1.165, 1.54) is 17.7 Å². The molecule has 2 rings (SSSR count). The van der Waals surface area contributed by atoms with E-state index >= 15 is 0 Å². The van der Waals surface area contributed by atoms with Gasteiger partial charge in [-0.25, -0.2) is 9.97 Å². The number of rotatable bonds is 2. The van der Waals surface area contributed by atoms with Gasteiger partial charge in [0.25, 0.3) is 0 Å². The molecular formula is C8H9N3OS. The normalized spacial score (nSPS) is 13.4. The molecular weight excluding hydrogens is 186 g/mol. The van der Waals surface area contributed by atoms with Crippen molar-refractivity contribution in [1.29, 1.82) is 0 Å². The summed E-state index contributed by atoms with van der Waals surface area (Å²) in [6.45, 7) is 0.222. The van der Waals surface area contributed by atoms with E-state index in [1.807, 2.05) is 5.38 Å². The number of nitrogens with two attached hydrogens (primary N) is 1. The molecule has 0 radical (unpaired) electrons. The van der Waals surface area contributed by atoms with E-state index in [9.17, 15) is 5.11 Å². The molecule has 1 atom stereocenters. The number of aromatic nitrogens is 2. The minimum Gasteiger partial charge on any atom is -0.386 e. The molecule has 0 aliphatic rings. The van der Waals surface area contributed by atoms with E-state index in [1.54, 1.807) is 6.20 Å². The lowest BCUT2D eigenvalue weighted by Crippen LogP contribution is -2.10. The number of fused-ring (bicyclic) bond motifs is 1. The summed E-state index contributed by atoms with van der Waals surface area (Å²) < 4.78 is 0. The van der Waals surface area contributed by atoms with E-state index in [-0.39, 0.29) is 6.54 Å². The molecule has 3 N–H and O–H groups in total. The second-order valence-corrected chi connectivity index (χ2v) is 3.59. The number of aliphatic hydroxyl groups is 1. The van der Waals surface area contributed by atoms with Crippen LogP contribution in [0, 0.1) is 0 Å². The molecule has 13 heavy (non-hydrogen) atoms. The van der Waals surface area contributed by atoms with Gasteiger partial charge in [0.2, 0.25) is 0 Å². The maximum absolute atomic E-state index is 9.54. The predicted octanol–water partition coefficient (Wildman–Crippen LogP) is 0.683. The third kappa shape index (κ3) is 1.41. The van der Waals surface area contributed by atoms with Crippen molar-refractivity contribution in [1.82, 2.24) is 9.97 Å². The Morgan fingerprint density at radius 2 is 2.46 bits per heavy atom. The van der Waals surface area contributed by atoms with Crippen LogP contribution in [-0.2, 0) is 0 Å². The average molecular weight is 195 g/mol. The molecule has 0 fully saturated rings. The Bertz CT molecular complexity index is 414. The van der Waals surface area contributed by atoms with E-state index in [0.29, 0.717) is 0 Å². The molecule has 0 aromatic carbocycles. The highest BCUT2D eigenvalue weighted by molar-refractivity contribution is 7.11. The van der Waals surface area contributed by atoms with E-state index in [0.717, 1.165) is 15.8 Å². The largest absolute Gasteiger partial charge is 0.386 e. The van der Waals surface area contributed by atoms with Gasteiger partial charge in [-0.3, -0.25) is 0 Å². The van der Waals surface area contributed by atoms with Gasteiger partial charge in [0, 0.05) is 23.5 Å². The van der Waals surface area contributed by atoms with Crippen molar-refractivity contribution in [3.8, 4) is 0 Å². The third-order valence-electron chi connectivity index (χ3n) is 1.81. The highest BCUT2D eigenvalue weighted by Crippen LogP contribution is 2.27. The van der Waals surface area contributed by atoms with Crippen LogP contribution in [-0.4, -0.2) is 21.6 Å². The van der Waals surface area contributed by atoms with Crippen LogP contribution in [0.1, 0.15) is 11.0 Å². The smallest absolute Gasteiger partial charge is 0.116 e. The number of nitrogens with zero attached hydrogens (tertiary/aromatic N) is 2. The van der Waals surface area contributed by atoms with Gasteiger partial charge in [-0.2, -0.15) is 0 Å². The molecule has 68 valence electrons. The average Bonchev–Trinajstić information content (AvgIpc) is 2.60. The van der Waals surface area contributed by atoms with Gasteiger partial charge >= 0.3 is 0 Å². The van der Waals surface area contributed by atoms with Crippen molar-refractivity contribution in [3.63, 3.8) is 0 Å². The van der Waals surface area contributed by atoms with Gasteiger partial charge in [0.15, 0.2) is 0 Å². The Morgan fingerprint density at radius 3 is 3.23 bits per heavy atom. The zero-order chi connectivity index (χ0) is 9.26. The first kappa shape index (κ1) is 8.55. The van der Waals surface area contributed by atoms with E-state index < -0.39 is 6.10 Å². The Balaban J connectivity index is 2.57. The SMILES string of the molecule is NCC(O)c1scc2cncnc12. The Morgan fingerprint density at radius 1 is 1.62 bits per heavy atom. The quantitative estimate of drug-likeness (QED) is 0.739. The second-order valence-electron chi connectivity index (χ2n) is 2.68. The molecule has 0 aliphatic heterocycles. The predicted molar refractivity (Wildman–Crippen MR) is 51.4 cm³/mol. The first-order valence-corrected chi connectivity index (χ1v) is 4.76. The van der Waals surface area contributed by atoms with Crippen LogP contribution in [0.25, 0.3) is 10.9 Å². The number of hydrogen-bond acceptors (Lipinski definition) is 5. The monoisotopic (exact) mass is 195 g/mol. The van der Waals surface area contributed by atoms with Gasteiger partial charge in [-0.05, 0) is 0 Å². The van der Waals surface area contributed by atoms with Gasteiger partial charge in [-0.15, -0.1) is 11.3 Å². The fourth-order valence-electron chi connectivity index (χ4n) is 1.16. The van der Waals surface area contributed by atoms with Crippen LogP contribution < -0.4 is 5.73 Å². The number of thiophene rings is 1. The third-order valence-corrected chi connectivity index (χ3v) is 2.90. The van der Waals surface area contributed by atoms with Crippen LogP contribution in [0.15, 0.2) is 17.9 Å². The summed E-state index contributed by atoms with van der Waals surface area (Å²) in [6, 6.07) is 0. The lowest BCUT2D eigenvalue weighted by Gasteiger charge is -2.03. The molecule has 4 nitrogen and oxygen atoms in total.